The van der Waals surface area contributed by atoms with Gasteiger partial charge in [0, 0.05) is 12.6 Å². The molecule has 3 atom stereocenters. The highest BCUT2D eigenvalue weighted by molar-refractivity contribution is 9.11. The van der Waals surface area contributed by atoms with Crippen molar-refractivity contribution in [1.82, 2.24) is 9.55 Å². The first-order valence-electron chi connectivity index (χ1n) is 10.2. The molecule has 1 saturated heterocycles. The van der Waals surface area contributed by atoms with Gasteiger partial charge in [0.1, 0.15) is 36.2 Å². The number of aromatic nitrogens is 2. The van der Waals surface area contributed by atoms with Crippen LogP contribution in [0.2, 0.25) is 0 Å². The molecule has 1 aliphatic rings. The van der Waals surface area contributed by atoms with Crippen molar-refractivity contribution in [3.8, 4) is 0 Å². The van der Waals surface area contributed by atoms with E-state index < -0.39 is 53.2 Å². The SMILES string of the molecule is CC(C)(C)OC(=O)OC[C@H]1O[C@@H](n2cc(/C=C/Br)c(=O)[nH]c2=O)C[C@@H]1OC(=O)OC(C)(C)C. The van der Waals surface area contributed by atoms with E-state index in [9.17, 15) is 19.2 Å². The zero-order valence-corrected chi connectivity index (χ0v) is 21.0. The number of carbonyl (C=O) groups excluding carboxylic acids is 2. The van der Waals surface area contributed by atoms with Crippen molar-refractivity contribution in [2.24, 2.45) is 0 Å². The van der Waals surface area contributed by atoms with E-state index in [4.69, 9.17) is 23.7 Å². The van der Waals surface area contributed by atoms with Crippen LogP contribution in [0.15, 0.2) is 20.8 Å². The Balaban J connectivity index is 2.24. The number of ether oxygens (including phenoxy) is 5. The molecule has 33 heavy (non-hydrogen) atoms. The summed E-state index contributed by atoms with van der Waals surface area (Å²) >= 11 is 3.09. The molecular weight excluding hydrogens is 504 g/mol. The van der Waals surface area contributed by atoms with Crippen molar-refractivity contribution in [2.45, 2.75) is 77.6 Å². The molecule has 0 unspecified atom stereocenters. The fraction of sp³-hybridized carbons (Fsp3) is 0.619. The average molecular weight is 533 g/mol. The van der Waals surface area contributed by atoms with E-state index in [1.54, 1.807) is 41.5 Å². The minimum atomic E-state index is -0.934. The van der Waals surface area contributed by atoms with Gasteiger partial charge in [0.2, 0.25) is 0 Å². The van der Waals surface area contributed by atoms with E-state index in [2.05, 4.69) is 20.9 Å². The van der Waals surface area contributed by atoms with Crippen LogP contribution in [0.4, 0.5) is 9.59 Å². The molecule has 0 radical (unpaired) electrons. The third kappa shape index (κ3) is 8.35. The fourth-order valence-electron chi connectivity index (χ4n) is 2.87. The first kappa shape index (κ1) is 26.7. The molecule has 12 heteroatoms. The largest absolute Gasteiger partial charge is 0.509 e. The lowest BCUT2D eigenvalue weighted by atomic mass is 10.2. The number of aromatic amines is 1. The molecular formula is C21H29BrN2O9. The molecule has 0 saturated carbocycles. The van der Waals surface area contributed by atoms with Crippen LogP contribution in [0, 0.1) is 0 Å². The maximum Gasteiger partial charge on any atom is 0.509 e. The second kappa shape index (κ2) is 10.6. The van der Waals surface area contributed by atoms with Crippen molar-refractivity contribution in [3.63, 3.8) is 0 Å². The van der Waals surface area contributed by atoms with Gasteiger partial charge in [-0.1, -0.05) is 15.9 Å². The minimum absolute atomic E-state index is 0.0466. The monoisotopic (exact) mass is 532 g/mol. The van der Waals surface area contributed by atoms with Gasteiger partial charge >= 0.3 is 18.0 Å². The Morgan fingerprint density at radius 1 is 1.15 bits per heavy atom. The van der Waals surface area contributed by atoms with Crippen LogP contribution in [-0.4, -0.2) is 51.9 Å². The highest BCUT2D eigenvalue weighted by atomic mass is 79.9. The second-order valence-corrected chi connectivity index (χ2v) is 9.83. The molecule has 0 spiro atoms. The molecule has 1 fully saturated rings. The summed E-state index contributed by atoms with van der Waals surface area (Å²) in [4.78, 5) is 52.2. The molecule has 2 rings (SSSR count). The van der Waals surface area contributed by atoms with Gasteiger partial charge in [-0.05, 0) is 52.6 Å². The van der Waals surface area contributed by atoms with Gasteiger partial charge < -0.3 is 23.7 Å². The maximum absolute atomic E-state index is 12.4. The van der Waals surface area contributed by atoms with E-state index in [1.807, 2.05) is 0 Å². The smallest absolute Gasteiger partial charge is 0.431 e. The number of nitrogens with zero attached hydrogens (tertiary/aromatic N) is 1. The Bertz CT molecular complexity index is 1000. The number of hydrogen-bond acceptors (Lipinski definition) is 9. The van der Waals surface area contributed by atoms with Crippen LogP contribution in [0.3, 0.4) is 0 Å². The molecule has 0 bridgehead atoms. The maximum atomic E-state index is 12.4. The average Bonchev–Trinajstić information content (AvgIpc) is 3.01. The zero-order valence-electron chi connectivity index (χ0n) is 19.4. The van der Waals surface area contributed by atoms with Crippen molar-refractivity contribution in [2.75, 3.05) is 6.61 Å². The lowest BCUT2D eigenvalue weighted by molar-refractivity contribution is -0.0822. The summed E-state index contributed by atoms with van der Waals surface area (Å²) in [5, 5.41) is 0. The predicted octanol–water partition coefficient (Wildman–Crippen LogP) is 3.46. The fourth-order valence-corrected chi connectivity index (χ4v) is 3.16. The minimum Gasteiger partial charge on any atom is -0.431 e. The lowest BCUT2D eigenvalue weighted by Gasteiger charge is -2.23. The van der Waals surface area contributed by atoms with Crippen molar-refractivity contribution < 1.29 is 33.3 Å². The summed E-state index contributed by atoms with van der Waals surface area (Å²) < 4.78 is 27.9. The number of hydrogen-bond donors (Lipinski definition) is 1. The van der Waals surface area contributed by atoms with Gasteiger partial charge in [0.15, 0.2) is 0 Å². The molecule has 0 amide bonds. The molecule has 1 N–H and O–H groups in total. The summed E-state index contributed by atoms with van der Waals surface area (Å²) in [7, 11) is 0. The van der Waals surface area contributed by atoms with Crippen LogP contribution in [0.5, 0.6) is 0 Å². The summed E-state index contributed by atoms with van der Waals surface area (Å²) in [6.45, 7) is 9.81. The Kier molecular flexibility index (Phi) is 8.52. The quantitative estimate of drug-likeness (QED) is 0.565. The van der Waals surface area contributed by atoms with Crippen LogP contribution in [0.1, 0.15) is 59.8 Å². The topological polar surface area (TPSA) is 135 Å². The summed E-state index contributed by atoms with van der Waals surface area (Å²) in [6, 6.07) is 0. The summed E-state index contributed by atoms with van der Waals surface area (Å²) in [5.41, 5.74) is -2.62. The number of H-pyrrole nitrogens is 1. The number of rotatable bonds is 5. The number of halogens is 1. The Morgan fingerprint density at radius 2 is 1.76 bits per heavy atom. The van der Waals surface area contributed by atoms with E-state index in [0.29, 0.717) is 0 Å². The van der Waals surface area contributed by atoms with Gasteiger partial charge in [-0.2, -0.15) is 0 Å². The van der Waals surface area contributed by atoms with Gasteiger partial charge in [0.05, 0.1) is 5.56 Å². The second-order valence-electron chi connectivity index (χ2n) is 9.30. The van der Waals surface area contributed by atoms with Gasteiger partial charge in [-0.15, -0.1) is 0 Å². The molecule has 0 aliphatic carbocycles. The molecule has 11 nitrogen and oxygen atoms in total. The molecule has 184 valence electrons. The Morgan fingerprint density at radius 3 is 2.33 bits per heavy atom. The number of carbonyl (C=O) groups is 2. The molecule has 2 heterocycles. The van der Waals surface area contributed by atoms with E-state index in [-0.39, 0.29) is 18.6 Å². The van der Waals surface area contributed by atoms with E-state index in [0.717, 1.165) is 0 Å². The first-order chi connectivity index (χ1) is 15.2. The van der Waals surface area contributed by atoms with Crippen LogP contribution in [0.25, 0.3) is 6.08 Å². The van der Waals surface area contributed by atoms with Crippen LogP contribution in [-0.2, 0) is 23.7 Å². The highest BCUT2D eigenvalue weighted by Gasteiger charge is 2.41. The van der Waals surface area contributed by atoms with Crippen molar-refractivity contribution >= 4 is 34.3 Å². The van der Waals surface area contributed by atoms with E-state index >= 15 is 0 Å². The summed E-state index contributed by atoms with van der Waals surface area (Å²) in [5.74, 6) is 0. The van der Waals surface area contributed by atoms with Crippen LogP contribution < -0.4 is 11.2 Å². The zero-order chi connectivity index (χ0) is 25.0. The highest BCUT2D eigenvalue weighted by Crippen LogP contribution is 2.31. The van der Waals surface area contributed by atoms with Crippen LogP contribution >= 0.6 is 15.9 Å². The Hall–Kier alpha value is -2.60. The third-order valence-electron chi connectivity index (χ3n) is 4.12. The lowest BCUT2D eigenvalue weighted by Crippen LogP contribution is -2.35. The van der Waals surface area contributed by atoms with Gasteiger partial charge in [-0.25, -0.2) is 14.4 Å². The number of nitrogens with one attached hydrogen (secondary N) is 1. The Labute approximate surface area is 199 Å². The molecule has 1 aromatic heterocycles. The molecule has 1 aromatic rings. The summed E-state index contributed by atoms with van der Waals surface area (Å²) in [6.07, 6.45) is -1.74. The predicted molar refractivity (Wildman–Crippen MR) is 121 cm³/mol. The van der Waals surface area contributed by atoms with Crippen molar-refractivity contribution in [3.05, 3.63) is 37.6 Å². The first-order valence-corrected chi connectivity index (χ1v) is 11.1. The molecule has 1 aliphatic heterocycles. The van der Waals surface area contributed by atoms with E-state index in [1.165, 1.54) is 21.8 Å². The normalized spacial score (nSPS) is 21.1. The van der Waals surface area contributed by atoms with Gasteiger partial charge in [0.25, 0.3) is 5.56 Å². The molecule has 0 aromatic carbocycles. The van der Waals surface area contributed by atoms with Crippen molar-refractivity contribution in [1.29, 1.82) is 0 Å². The third-order valence-corrected chi connectivity index (χ3v) is 4.39. The standard InChI is InChI=1S/C21H29BrN2O9/c1-20(2,3)32-18(27)29-11-14-13(31-19(28)33-21(4,5)6)9-15(30-14)24-10-12(7-8-22)16(25)23-17(24)26/h7-8,10,13-15H,9,11H2,1-6H3,(H,23,25,26)/b8-7+/t13-,14+,15+/m0/s1. The van der Waals surface area contributed by atoms with Gasteiger partial charge in [-0.3, -0.25) is 14.3 Å².